The first kappa shape index (κ1) is 28.6. The highest BCUT2D eigenvalue weighted by Crippen LogP contribution is 2.48. The van der Waals surface area contributed by atoms with Crippen molar-refractivity contribution in [1.82, 2.24) is 4.57 Å². The summed E-state index contributed by atoms with van der Waals surface area (Å²) in [5, 5.41) is 6.32. The van der Waals surface area contributed by atoms with Gasteiger partial charge in [0.05, 0.1) is 16.7 Å². The highest BCUT2D eigenvalue weighted by atomic mass is 28.1. The van der Waals surface area contributed by atoms with Crippen molar-refractivity contribution in [2.45, 2.75) is 0 Å². The van der Waals surface area contributed by atoms with Crippen molar-refractivity contribution in [3.8, 4) is 39.4 Å². The smallest absolute Gasteiger partial charge is 0.152 e. The van der Waals surface area contributed by atoms with Gasteiger partial charge >= 0.3 is 0 Å². The van der Waals surface area contributed by atoms with E-state index in [4.69, 9.17) is 4.74 Å². The normalized spacial score (nSPS) is 11.9. The van der Waals surface area contributed by atoms with Crippen LogP contribution in [0.3, 0.4) is 0 Å². The van der Waals surface area contributed by atoms with Crippen molar-refractivity contribution in [3.05, 3.63) is 176 Å². The number of hydrogen-bond donors (Lipinski definition) is 0. The second kappa shape index (κ2) is 11.4. The summed E-state index contributed by atoms with van der Waals surface area (Å²) >= 11 is 0. The van der Waals surface area contributed by atoms with Crippen LogP contribution in [0.15, 0.2) is 176 Å². The summed E-state index contributed by atoms with van der Waals surface area (Å²) < 4.78 is 8.95. The molecular formula is C46H32N2OSi. The molecular weight excluding hydrogens is 625 g/mol. The van der Waals surface area contributed by atoms with Crippen LogP contribution in [-0.2, 0) is 0 Å². The maximum Gasteiger partial charge on any atom is 0.152 e. The Bertz CT molecular complexity index is 2730. The molecule has 10 rings (SSSR count). The van der Waals surface area contributed by atoms with Gasteiger partial charge in [-0.3, -0.25) is 0 Å². The fraction of sp³-hybridized carbons (Fsp3) is 0. The average Bonchev–Trinajstić information content (AvgIpc) is 3.51. The predicted molar refractivity (Wildman–Crippen MR) is 213 cm³/mol. The second-order valence-corrected chi connectivity index (χ2v) is 14.2. The third-order valence-electron chi connectivity index (χ3n) is 10.0. The Morgan fingerprint density at radius 1 is 0.460 bits per heavy atom. The Hall–Kier alpha value is -6.36. The highest BCUT2D eigenvalue weighted by molar-refractivity contribution is 6.32. The van der Waals surface area contributed by atoms with E-state index in [0.717, 1.165) is 61.1 Å². The minimum absolute atomic E-state index is 0.865. The van der Waals surface area contributed by atoms with Gasteiger partial charge in [0.2, 0.25) is 0 Å². The topological polar surface area (TPSA) is 17.4 Å². The molecule has 2 heterocycles. The van der Waals surface area contributed by atoms with Gasteiger partial charge in [-0.2, -0.15) is 0 Å². The third-order valence-corrected chi connectivity index (χ3v) is 10.7. The average molecular weight is 657 g/mol. The Morgan fingerprint density at radius 3 is 1.84 bits per heavy atom. The molecule has 0 unspecified atom stereocenters. The lowest BCUT2D eigenvalue weighted by Crippen LogP contribution is -2.11. The lowest BCUT2D eigenvalue weighted by atomic mass is 10.00. The van der Waals surface area contributed by atoms with Crippen LogP contribution in [0.25, 0.3) is 60.5 Å². The second-order valence-electron chi connectivity index (χ2n) is 13.1. The van der Waals surface area contributed by atoms with E-state index in [1.807, 2.05) is 0 Å². The van der Waals surface area contributed by atoms with Gasteiger partial charge in [-0.05, 0) is 88.1 Å². The van der Waals surface area contributed by atoms with E-state index in [2.05, 4.69) is 185 Å². The van der Waals surface area contributed by atoms with Crippen LogP contribution in [0.1, 0.15) is 0 Å². The van der Waals surface area contributed by atoms with E-state index in [9.17, 15) is 0 Å². The summed E-state index contributed by atoms with van der Waals surface area (Å²) in [6.07, 6.45) is 0. The lowest BCUT2D eigenvalue weighted by molar-refractivity contribution is 0.477. The fourth-order valence-corrected chi connectivity index (χ4v) is 7.92. The Morgan fingerprint density at radius 2 is 1.06 bits per heavy atom. The number of nitrogens with zero attached hydrogens (tertiary/aromatic N) is 2. The van der Waals surface area contributed by atoms with Crippen molar-refractivity contribution in [2.75, 3.05) is 4.90 Å². The van der Waals surface area contributed by atoms with E-state index in [0.29, 0.717) is 0 Å². The van der Waals surface area contributed by atoms with Crippen molar-refractivity contribution < 1.29 is 4.74 Å². The van der Waals surface area contributed by atoms with Gasteiger partial charge in [0.1, 0.15) is 0 Å². The summed E-state index contributed by atoms with van der Waals surface area (Å²) in [6.45, 7) is 0. The van der Waals surface area contributed by atoms with Crippen LogP contribution < -0.4 is 14.8 Å². The molecule has 0 saturated heterocycles. The van der Waals surface area contributed by atoms with Crippen LogP contribution in [0, 0.1) is 0 Å². The molecule has 236 valence electrons. The molecule has 0 fully saturated rings. The molecule has 8 aromatic carbocycles. The van der Waals surface area contributed by atoms with Crippen LogP contribution in [-0.4, -0.2) is 14.8 Å². The Labute approximate surface area is 293 Å². The molecule has 0 saturated carbocycles. The predicted octanol–water partition coefficient (Wildman–Crippen LogP) is 10.8. The molecule has 3 nitrogen and oxygen atoms in total. The summed E-state index contributed by atoms with van der Waals surface area (Å²) in [5.74, 6) is 1.76. The van der Waals surface area contributed by atoms with Gasteiger partial charge in [0, 0.05) is 43.6 Å². The molecule has 0 aliphatic carbocycles. The van der Waals surface area contributed by atoms with Gasteiger partial charge in [-0.25, -0.2) is 0 Å². The van der Waals surface area contributed by atoms with E-state index in [1.54, 1.807) is 0 Å². The van der Waals surface area contributed by atoms with E-state index < -0.39 is 0 Å². The van der Waals surface area contributed by atoms with Gasteiger partial charge in [0.25, 0.3) is 0 Å². The maximum atomic E-state index is 6.56. The molecule has 0 bridgehead atoms. The zero-order valence-corrected chi connectivity index (χ0v) is 29.5. The summed E-state index contributed by atoms with van der Waals surface area (Å²) in [5.41, 5.74) is 11.4. The van der Waals surface area contributed by atoms with E-state index in [1.165, 1.54) is 43.4 Å². The minimum atomic E-state index is 0.865. The highest BCUT2D eigenvalue weighted by Gasteiger charge is 2.26. The number of aromatic nitrogens is 1. The monoisotopic (exact) mass is 656 g/mol. The van der Waals surface area contributed by atoms with Crippen LogP contribution in [0.4, 0.5) is 17.1 Å². The van der Waals surface area contributed by atoms with Crippen LogP contribution in [0.2, 0.25) is 0 Å². The molecule has 0 spiro atoms. The summed E-state index contributed by atoms with van der Waals surface area (Å²) in [7, 11) is 1.02. The Balaban J connectivity index is 1.06. The van der Waals surface area contributed by atoms with Crippen LogP contribution >= 0.6 is 0 Å². The quantitative estimate of drug-likeness (QED) is 0.172. The lowest BCUT2D eigenvalue weighted by Gasteiger charge is -2.26. The first-order valence-electron chi connectivity index (χ1n) is 17.1. The Kier molecular flexibility index (Phi) is 6.51. The van der Waals surface area contributed by atoms with Crippen LogP contribution in [0.5, 0.6) is 11.5 Å². The largest absolute Gasteiger partial charge is 0.453 e. The molecule has 0 N–H and O–H groups in total. The molecule has 50 heavy (non-hydrogen) atoms. The molecule has 0 atom stereocenters. The number of rotatable bonds is 5. The number of anilines is 3. The van der Waals surface area contributed by atoms with Crippen molar-refractivity contribution in [2.24, 2.45) is 0 Å². The van der Waals surface area contributed by atoms with E-state index in [-0.39, 0.29) is 0 Å². The number of para-hydroxylation sites is 3. The molecule has 9 aromatic rings. The number of fused-ring (bicyclic) bond motifs is 6. The first-order chi connectivity index (χ1) is 24.7. The summed E-state index contributed by atoms with van der Waals surface area (Å²) in [4.78, 5) is 2.34. The minimum Gasteiger partial charge on any atom is -0.453 e. The summed E-state index contributed by atoms with van der Waals surface area (Å²) in [6, 6.07) is 63.4. The zero-order valence-electron chi connectivity index (χ0n) is 27.5. The molecule has 1 aliphatic rings. The van der Waals surface area contributed by atoms with E-state index >= 15 is 0 Å². The van der Waals surface area contributed by atoms with Crippen molar-refractivity contribution >= 4 is 65.1 Å². The number of benzene rings is 8. The van der Waals surface area contributed by atoms with Gasteiger partial charge in [-0.1, -0.05) is 120 Å². The van der Waals surface area contributed by atoms with Gasteiger partial charge in [-0.15, -0.1) is 0 Å². The van der Waals surface area contributed by atoms with Gasteiger partial charge < -0.3 is 14.2 Å². The third kappa shape index (κ3) is 4.57. The molecule has 0 radical (unpaired) electrons. The van der Waals surface area contributed by atoms with Crippen molar-refractivity contribution in [3.63, 3.8) is 0 Å². The molecule has 4 heteroatoms. The molecule has 1 aliphatic heterocycles. The fourth-order valence-electron chi connectivity index (χ4n) is 7.59. The first-order valence-corrected chi connectivity index (χ1v) is 18.1. The molecule has 0 amide bonds. The standard InChI is InChI=1S/C46H32N2OSi/c50-38-27-25-37(26-28-38)47(35-21-17-31(18-22-35)34-16-15-30-7-1-2-8-33(30)29-34)36-23-19-32(20-24-36)39-10-5-13-43-45(39)48-42-12-4-3-9-40(42)41-11-6-14-44(49-43)46(41)48/h1-29H,50H3. The van der Waals surface area contributed by atoms with Crippen molar-refractivity contribution in [1.29, 1.82) is 0 Å². The van der Waals surface area contributed by atoms with Gasteiger partial charge in [0.15, 0.2) is 11.5 Å². The number of hydrogen-bond acceptors (Lipinski definition) is 2. The number of ether oxygens (including phenoxy) is 1. The SMILES string of the molecule is [SiH3]c1ccc(N(c2ccc(-c3ccc4ccccc4c3)cc2)c2ccc(-c3cccc4c3-n3c5ccccc5c5cccc(c53)O4)cc2)cc1. The molecule has 1 aromatic heterocycles. The maximum absolute atomic E-state index is 6.56. The zero-order chi connectivity index (χ0) is 33.2.